The van der Waals surface area contributed by atoms with Crippen LogP contribution in [0.5, 0.6) is 0 Å². The van der Waals surface area contributed by atoms with E-state index in [1.807, 2.05) is 22.7 Å². The van der Waals surface area contributed by atoms with Gasteiger partial charge in [-0.25, -0.2) is 4.98 Å². The number of fused-ring (bicyclic) bond motifs is 13. The van der Waals surface area contributed by atoms with Gasteiger partial charge in [-0.15, -0.1) is 22.7 Å². The standard InChI is InChI=1S/C58H47BN4S2/c1-57(2,3)33-21-24-35(25-22-33)60-42-30-49-38(36-17-11-13-19-47(36)64-49)28-39(42)52-53-54-50(51-37-18-12-14-20-48(37)65-55(51)52)40-27-34(58(4,5)6)23-26-44(40)63(54)45-31-46-43(29-41(45)59-53)61-56(62(46)7)32-15-9-8-10-16-32/h8-31,59-60H,1-7H3. The molecular formula is C58H47BN4S2. The topological polar surface area (TPSA) is 34.8 Å². The molecule has 0 spiro atoms. The number of rotatable bonds is 4. The lowest BCUT2D eigenvalue weighted by molar-refractivity contribution is 0.590. The number of hydrogen-bond acceptors (Lipinski definition) is 4. The molecule has 0 aliphatic carbocycles. The largest absolute Gasteiger partial charge is 0.355 e. The fourth-order valence-corrected chi connectivity index (χ4v) is 13.1. The lowest BCUT2D eigenvalue weighted by Crippen LogP contribution is -2.37. The first kappa shape index (κ1) is 38.8. The van der Waals surface area contributed by atoms with Crippen LogP contribution in [0.1, 0.15) is 52.7 Å². The van der Waals surface area contributed by atoms with Crippen LogP contribution >= 0.6 is 22.7 Å². The van der Waals surface area contributed by atoms with Crippen LogP contribution in [0.25, 0.3) is 101 Å². The monoisotopic (exact) mass is 874 g/mol. The predicted molar refractivity (Wildman–Crippen MR) is 285 cm³/mol. The van der Waals surface area contributed by atoms with Crippen molar-refractivity contribution in [1.29, 1.82) is 0 Å². The number of aromatic nitrogens is 3. The Morgan fingerprint density at radius 2 is 1.28 bits per heavy atom. The molecule has 0 fully saturated rings. The van der Waals surface area contributed by atoms with E-state index in [1.54, 1.807) is 0 Å². The highest BCUT2D eigenvalue weighted by molar-refractivity contribution is 7.27. The summed E-state index contributed by atoms with van der Waals surface area (Å²) in [5, 5.41) is 12.0. The summed E-state index contributed by atoms with van der Waals surface area (Å²) in [6, 6.07) is 54.6. The molecule has 314 valence electrons. The van der Waals surface area contributed by atoms with E-state index in [2.05, 4.69) is 209 Å². The van der Waals surface area contributed by atoms with E-state index in [1.165, 1.54) is 101 Å². The third-order valence-electron chi connectivity index (χ3n) is 14.0. The number of nitrogens with one attached hydrogen (secondary N) is 1. The Morgan fingerprint density at radius 3 is 2.03 bits per heavy atom. The predicted octanol–water partition coefficient (Wildman–Crippen LogP) is 14.8. The van der Waals surface area contributed by atoms with E-state index in [9.17, 15) is 0 Å². The summed E-state index contributed by atoms with van der Waals surface area (Å²) >= 11 is 3.83. The van der Waals surface area contributed by atoms with Crippen LogP contribution in [0.15, 0.2) is 146 Å². The zero-order valence-corrected chi connectivity index (χ0v) is 39.4. The highest BCUT2D eigenvalue weighted by atomic mass is 32.1. The molecule has 1 aliphatic rings. The first-order valence-electron chi connectivity index (χ1n) is 22.7. The van der Waals surface area contributed by atoms with Crippen molar-refractivity contribution in [1.82, 2.24) is 14.1 Å². The second-order valence-electron chi connectivity index (χ2n) is 20.1. The maximum atomic E-state index is 5.33. The van der Waals surface area contributed by atoms with E-state index in [-0.39, 0.29) is 10.8 Å². The number of thiophene rings is 2. The molecule has 0 bridgehead atoms. The van der Waals surface area contributed by atoms with Crippen LogP contribution < -0.4 is 16.2 Å². The normalized spacial score (nSPS) is 13.0. The van der Waals surface area contributed by atoms with E-state index in [0.29, 0.717) is 0 Å². The molecule has 5 heterocycles. The fraction of sp³-hybridized carbons (Fsp3) is 0.155. The molecule has 13 rings (SSSR count). The minimum Gasteiger partial charge on any atom is -0.355 e. The fourth-order valence-electron chi connectivity index (χ4n) is 10.7. The highest BCUT2D eigenvalue weighted by Gasteiger charge is 2.33. The van der Waals surface area contributed by atoms with E-state index >= 15 is 0 Å². The Hall–Kier alpha value is -6.67. The van der Waals surface area contributed by atoms with Crippen molar-refractivity contribution in [2.45, 2.75) is 52.4 Å². The average molecular weight is 875 g/mol. The van der Waals surface area contributed by atoms with Crippen LogP contribution in [-0.2, 0) is 17.9 Å². The number of anilines is 2. The second-order valence-corrected chi connectivity index (χ2v) is 22.3. The summed E-state index contributed by atoms with van der Waals surface area (Å²) < 4.78 is 10.1. The number of benzene rings is 8. The molecule has 1 N–H and O–H groups in total. The molecule has 65 heavy (non-hydrogen) atoms. The molecule has 0 saturated carbocycles. The molecule has 12 aromatic rings. The highest BCUT2D eigenvalue weighted by Crippen LogP contribution is 2.51. The number of nitrogens with zero attached hydrogens (tertiary/aromatic N) is 3. The van der Waals surface area contributed by atoms with E-state index < -0.39 is 0 Å². The molecule has 0 saturated heterocycles. The van der Waals surface area contributed by atoms with Crippen LogP contribution in [-0.4, -0.2) is 21.4 Å². The molecule has 0 radical (unpaired) electrons. The Bertz CT molecular complexity index is 3960. The lowest BCUT2D eigenvalue weighted by atomic mass is 9.58. The molecule has 4 nitrogen and oxygen atoms in total. The summed E-state index contributed by atoms with van der Waals surface area (Å²) in [5.41, 5.74) is 17.2. The van der Waals surface area contributed by atoms with Gasteiger partial charge in [0.25, 0.3) is 0 Å². The van der Waals surface area contributed by atoms with Gasteiger partial charge >= 0.3 is 0 Å². The smallest absolute Gasteiger partial charge is 0.198 e. The third-order valence-corrected chi connectivity index (χ3v) is 16.4. The van der Waals surface area contributed by atoms with Gasteiger partial charge in [-0.05, 0) is 93.6 Å². The number of hydrogen-bond donors (Lipinski definition) is 1. The van der Waals surface area contributed by atoms with Gasteiger partial charge in [0.15, 0.2) is 7.28 Å². The van der Waals surface area contributed by atoms with Gasteiger partial charge in [-0.3, -0.25) is 0 Å². The Balaban J connectivity index is 1.18. The lowest BCUT2D eigenvalue weighted by Gasteiger charge is -2.25. The van der Waals surface area contributed by atoms with E-state index in [0.717, 1.165) is 41.1 Å². The van der Waals surface area contributed by atoms with Crippen molar-refractivity contribution in [2.24, 2.45) is 7.05 Å². The SMILES string of the molecule is Cn1c(-c2ccccc2)nc2cc3c(cc21)-n1c2ccc(C(C)(C)C)cc2c2c4c(sc5ccccc54)c(-c4cc5c(cc4Nc4ccc(C(C)(C)C)cc4)sc4ccccc45)c(c21)B3. The van der Waals surface area contributed by atoms with Gasteiger partial charge in [0.05, 0.1) is 16.6 Å². The minimum atomic E-state index is -0.0155. The van der Waals surface area contributed by atoms with Crippen molar-refractivity contribution in [3.05, 3.63) is 157 Å². The molecule has 8 aromatic carbocycles. The summed E-state index contributed by atoms with van der Waals surface area (Å²) in [6.07, 6.45) is 0. The van der Waals surface area contributed by atoms with Gasteiger partial charge in [-0.2, -0.15) is 0 Å². The van der Waals surface area contributed by atoms with Crippen molar-refractivity contribution in [3.63, 3.8) is 0 Å². The number of aryl methyl sites for hydroxylation is 1. The zero-order chi connectivity index (χ0) is 44.1. The molecule has 7 heteroatoms. The summed E-state index contributed by atoms with van der Waals surface area (Å²) in [7, 11) is 2.94. The molecular weight excluding hydrogens is 828 g/mol. The average Bonchev–Trinajstić information content (AvgIpc) is 4.04. The zero-order valence-electron chi connectivity index (χ0n) is 37.7. The maximum Gasteiger partial charge on any atom is 0.198 e. The molecule has 0 amide bonds. The molecule has 1 aliphatic heterocycles. The first-order valence-corrected chi connectivity index (χ1v) is 24.4. The van der Waals surface area contributed by atoms with Gasteiger partial charge in [0.2, 0.25) is 0 Å². The van der Waals surface area contributed by atoms with Gasteiger partial charge in [-0.1, -0.05) is 132 Å². The van der Waals surface area contributed by atoms with Crippen molar-refractivity contribution in [2.75, 3.05) is 5.32 Å². The molecule has 4 aromatic heterocycles. The van der Waals surface area contributed by atoms with Crippen molar-refractivity contribution in [3.8, 4) is 28.2 Å². The minimum absolute atomic E-state index is 0.0155. The Morgan fingerprint density at radius 1 is 0.585 bits per heavy atom. The van der Waals surface area contributed by atoms with Crippen molar-refractivity contribution >= 4 is 125 Å². The van der Waals surface area contributed by atoms with Gasteiger partial charge in [0.1, 0.15) is 5.82 Å². The van der Waals surface area contributed by atoms with Crippen LogP contribution in [0.4, 0.5) is 11.4 Å². The molecule has 0 unspecified atom stereocenters. The maximum absolute atomic E-state index is 5.33. The summed E-state index contributed by atoms with van der Waals surface area (Å²) in [4.78, 5) is 5.33. The van der Waals surface area contributed by atoms with Crippen LogP contribution in [0, 0.1) is 0 Å². The van der Waals surface area contributed by atoms with Crippen molar-refractivity contribution < 1.29 is 0 Å². The third kappa shape index (κ3) is 5.78. The quantitative estimate of drug-likeness (QED) is 0.179. The van der Waals surface area contributed by atoms with Gasteiger partial charge in [0, 0.05) is 91.9 Å². The summed E-state index contributed by atoms with van der Waals surface area (Å²) in [5.74, 6) is 0.980. The van der Waals surface area contributed by atoms with E-state index in [4.69, 9.17) is 4.98 Å². The number of imidazole rings is 1. The van der Waals surface area contributed by atoms with Gasteiger partial charge < -0.3 is 14.5 Å². The molecule has 0 atom stereocenters. The van der Waals surface area contributed by atoms with Crippen LogP contribution in [0.2, 0.25) is 0 Å². The summed E-state index contributed by atoms with van der Waals surface area (Å²) in [6.45, 7) is 13.8. The Kier molecular flexibility index (Phi) is 8.16. The Labute approximate surface area is 387 Å². The first-order chi connectivity index (χ1) is 31.4. The van der Waals surface area contributed by atoms with Crippen LogP contribution in [0.3, 0.4) is 0 Å². The second kappa shape index (κ2) is 13.7.